The van der Waals surface area contributed by atoms with Gasteiger partial charge in [0, 0.05) is 11.0 Å². The minimum atomic E-state index is -0.447. The van der Waals surface area contributed by atoms with Gasteiger partial charge in [-0.3, -0.25) is 4.79 Å². The highest BCUT2D eigenvalue weighted by molar-refractivity contribution is 5.87. The summed E-state index contributed by atoms with van der Waals surface area (Å²) in [7, 11) is 0. The Morgan fingerprint density at radius 3 is 2.68 bits per heavy atom. The quantitative estimate of drug-likeness (QED) is 0.581. The predicted molar refractivity (Wildman–Crippen MR) is 70.3 cm³/mol. The van der Waals surface area contributed by atoms with Gasteiger partial charge in [0.1, 0.15) is 12.2 Å². The van der Waals surface area contributed by atoms with E-state index in [0.29, 0.717) is 5.57 Å². The van der Waals surface area contributed by atoms with E-state index in [1.54, 1.807) is 6.92 Å². The molecule has 0 aromatic rings. The summed E-state index contributed by atoms with van der Waals surface area (Å²) in [5, 5.41) is 0. The molecule has 1 saturated carbocycles. The number of carbonyl (C=O) groups is 2. The molecule has 0 aromatic carbocycles. The molecule has 19 heavy (non-hydrogen) atoms. The first-order chi connectivity index (χ1) is 8.69. The van der Waals surface area contributed by atoms with Crippen LogP contribution in [0.25, 0.3) is 0 Å². The Kier molecular flexibility index (Phi) is 3.23. The first kappa shape index (κ1) is 14.1. The zero-order valence-electron chi connectivity index (χ0n) is 12.1. The van der Waals surface area contributed by atoms with Crippen LogP contribution in [0.2, 0.25) is 0 Å². The summed E-state index contributed by atoms with van der Waals surface area (Å²) >= 11 is 0. The van der Waals surface area contributed by atoms with E-state index in [1.165, 1.54) is 0 Å². The highest BCUT2D eigenvalue weighted by Crippen LogP contribution is 2.58. The summed E-state index contributed by atoms with van der Waals surface area (Å²) in [6, 6.07) is 0. The van der Waals surface area contributed by atoms with Crippen LogP contribution in [0.3, 0.4) is 0 Å². The monoisotopic (exact) mass is 266 g/mol. The molecule has 3 unspecified atom stereocenters. The van der Waals surface area contributed by atoms with Crippen LogP contribution >= 0.6 is 0 Å². The van der Waals surface area contributed by atoms with E-state index in [0.717, 1.165) is 12.8 Å². The molecule has 1 aliphatic heterocycles. The van der Waals surface area contributed by atoms with Crippen molar-refractivity contribution in [3.05, 3.63) is 12.2 Å². The lowest BCUT2D eigenvalue weighted by Crippen LogP contribution is -2.53. The van der Waals surface area contributed by atoms with Crippen molar-refractivity contribution in [2.45, 2.75) is 46.1 Å². The standard InChI is InChI=1S/C15H22O4/c1-9(2)12(16)18-8-10-11-6-7-15(5,14(11,3)4)19-13(10)17/h10-11H,1,6-8H2,2-5H3. The molecular formula is C15H22O4. The molecule has 1 heterocycles. The third-order valence-corrected chi connectivity index (χ3v) is 5.08. The van der Waals surface area contributed by atoms with Gasteiger partial charge in [0.2, 0.25) is 0 Å². The smallest absolute Gasteiger partial charge is 0.333 e. The molecule has 1 saturated heterocycles. The summed E-state index contributed by atoms with van der Waals surface area (Å²) in [5.74, 6) is -0.832. The maximum absolute atomic E-state index is 12.1. The van der Waals surface area contributed by atoms with Crippen LogP contribution in [0.5, 0.6) is 0 Å². The maximum Gasteiger partial charge on any atom is 0.333 e. The van der Waals surface area contributed by atoms with Gasteiger partial charge >= 0.3 is 11.9 Å². The fourth-order valence-electron chi connectivity index (χ4n) is 3.33. The van der Waals surface area contributed by atoms with E-state index in [4.69, 9.17) is 9.47 Å². The topological polar surface area (TPSA) is 52.6 Å². The number of hydrogen-bond acceptors (Lipinski definition) is 4. The van der Waals surface area contributed by atoms with Gasteiger partial charge in [-0.05, 0) is 32.6 Å². The molecule has 3 atom stereocenters. The molecule has 0 aromatic heterocycles. The average Bonchev–Trinajstić information content (AvgIpc) is 2.45. The zero-order valence-corrected chi connectivity index (χ0v) is 12.1. The molecule has 0 radical (unpaired) electrons. The van der Waals surface area contributed by atoms with E-state index in [1.807, 2.05) is 6.92 Å². The molecule has 2 bridgehead atoms. The lowest BCUT2D eigenvalue weighted by molar-refractivity contribution is -0.197. The van der Waals surface area contributed by atoms with Crippen LogP contribution in [0.15, 0.2) is 12.2 Å². The van der Waals surface area contributed by atoms with E-state index >= 15 is 0 Å². The number of rotatable bonds is 3. The molecule has 1 aliphatic carbocycles. The van der Waals surface area contributed by atoms with Crippen molar-refractivity contribution in [2.24, 2.45) is 17.3 Å². The first-order valence-electron chi connectivity index (χ1n) is 6.74. The fraction of sp³-hybridized carbons (Fsp3) is 0.733. The lowest BCUT2D eigenvalue weighted by atomic mass is 9.67. The SMILES string of the molecule is C=C(C)C(=O)OCC1C(=O)OC2(C)CCC1C2(C)C. The normalized spacial score (nSPS) is 35.7. The lowest BCUT2D eigenvalue weighted by Gasteiger charge is -2.47. The molecule has 106 valence electrons. The molecule has 4 heteroatoms. The molecule has 2 rings (SSSR count). The number of ether oxygens (including phenoxy) is 2. The highest BCUT2D eigenvalue weighted by atomic mass is 16.6. The average molecular weight is 266 g/mol. The maximum atomic E-state index is 12.1. The van der Waals surface area contributed by atoms with Gasteiger partial charge in [0.15, 0.2) is 0 Å². The zero-order chi connectivity index (χ0) is 14.4. The van der Waals surface area contributed by atoms with Crippen LogP contribution in [0, 0.1) is 17.3 Å². The number of fused-ring (bicyclic) bond motifs is 2. The fourth-order valence-corrected chi connectivity index (χ4v) is 3.33. The number of hydrogen-bond donors (Lipinski definition) is 0. The molecule has 2 fully saturated rings. The Bertz CT molecular complexity index is 437. The van der Waals surface area contributed by atoms with Crippen LogP contribution in [0.4, 0.5) is 0 Å². The number of carbonyl (C=O) groups excluding carboxylic acids is 2. The van der Waals surface area contributed by atoms with Crippen LogP contribution in [-0.4, -0.2) is 24.1 Å². The Morgan fingerprint density at radius 1 is 1.47 bits per heavy atom. The summed E-state index contributed by atoms with van der Waals surface area (Å²) in [6.07, 6.45) is 1.81. The van der Waals surface area contributed by atoms with Crippen molar-refractivity contribution in [1.82, 2.24) is 0 Å². The van der Waals surface area contributed by atoms with Crippen LogP contribution in [0.1, 0.15) is 40.5 Å². The summed E-state index contributed by atoms with van der Waals surface area (Å²) in [6.45, 7) is 11.5. The molecular weight excluding hydrogens is 244 g/mol. The van der Waals surface area contributed by atoms with E-state index in [-0.39, 0.29) is 35.4 Å². The van der Waals surface area contributed by atoms with Crippen LogP contribution in [-0.2, 0) is 19.1 Å². The van der Waals surface area contributed by atoms with Gasteiger partial charge in [-0.1, -0.05) is 20.4 Å². The van der Waals surface area contributed by atoms with Gasteiger partial charge in [-0.2, -0.15) is 0 Å². The second-order valence-corrected chi connectivity index (χ2v) is 6.50. The van der Waals surface area contributed by atoms with Crippen molar-refractivity contribution in [2.75, 3.05) is 6.61 Å². The number of esters is 2. The molecule has 0 amide bonds. The minimum Gasteiger partial charge on any atom is -0.461 e. The Balaban J connectivity index is 2.12. The molecule has 0 spiro atoms. The van der Waals surface area contributed by atoms with Gasteiger partial charge in [-0.15, -0.1) is 0 Å². The molecule has 2 aliphatic rings. The minimum absolute atomic E-state index is 0.0821. The Hall–Kier alpha value is -1.32. The van der Waals surface area contributed by atoms with E-state index in [9.17, 15) is 9.59 Å². The van der Waals surface area contributed by atoms with Crippen molar-refractivity contribution in [1.29, 1.82) is 0 Å². The van der Waals surface area contributed by atoms with Crippen molar-refractivity contribution >= 4 is 11.9 Å². The molecule has 4 nitrogen and oxygen atoms in total. The Morgan fingerprint density at radius 2 is 2.11 bits per heavy atom. The van der Waals surface area contributed by atoms with E-state index < -0.39 is 5.97 Å². The molecule has 0 N–H and O–H groups in total. The predicted octanol–water partition coefficient (Wildman–Crippen LogP) is 2.47. The van der Waals surface area contributed by atoms with Gasteiger partial charge < -0.3 is 9.47 Å². The first-order valence-corrected chi connectivity index (χ1v) is 6.74. The summed E-state index contributed by atoms with van der Waals surface area (Å²) in [4.78, 5) is 23.5. The highest BCUT2D eigenvalue weighted by Gasteiger charge is 2.62. The largest absolute Gasteiger partial charge is 0.461 e. The van der Waals surface area contributed by atoms with Crippen LogP contribution < -0.4 is 0 Å². The van der Waals surface area contributed by atoms with Gasteiger partial charge in [0.25, 0.3) is 0 Å². The second-order valence-electron chi connectivity index (χ2n) is 6.50. The third-order valence-electron chi connectivity index (χ3n) is 5.08. The van der Waals surface area contributed by atoms with Gasteiger partial charge in [0.05, 0.1) is 5.92 Å². The summed E-state index contributed by atoms with van der Waals surface area (Å²) in [5.41, 5.74) is -0.120. The van der Waals surface area contributed by atoms with Gasteiger partial charge in [-0.25, -0.2) is 4.79 Å². The van der Waals surface area contributed by atoms with Crippen molar-refractivity contribution < 1.29 is 19.1 Å². The second kappa shape index (κ2) is 4.36. The van der Waals surface area contributed by atoms with Crippen molar-refractivity contribution in [3.63, 3.8) is 0 Å². The van der Waals surface area contributed by atoms with E-state index in [2.05, 4.69) is 20.4 Å². The third kappa shape index (κ3) is 2.07. The van der Waals surface area contributed by atoms with Crippen molar-refractivity contribution in [3.8, 4) is 0 Å². The Labute approximate surface area is 114 Å². The summed E-state index contributed by atoms with van der Waals surface area (Å²) < 4.78 is 10.8.